The van der Waals surface area contributed by atoms with E-state index in [4.69, 9.17) is 9.97 Å². The predicted octanol–water partition coefficient (Wildman–Crippen LogP) is 12.9. The average Bonchev–Trinajstić information content (AvgIpc) is 3.90. The van der Waals surface area contributed by atoms with E-state index in [0.717, 1.165) is 115 Å². The van der Waals surface area contributed by atoms with Gasteiger partial charge in [-0.1, -0.05) is 176 Å². The predicted molar refractivity (Wildman–Crippen MR) is 260 cm³/mol. The molecule has 62 heavy (non-hydrogen) atoms. The first-order valence-corrected chi connectivity index (χ1v) is 22.6. The van der Waals surface area contributed by atoms with Gasteiger partial charge in [0.1, 0.15) is 5.65 Å². The lowest BCUT2D eigenvalue weighted by atomic mass is 9.95. The van der Waals surface area contributed by atoms with Gasteiger partial charge in [0.25, 0.3) is 0 Å². The van der Waals surface area contributed by atoms with Crippen LogP contribution < -0.4 is 15.9 Å². The fraction of sp³-hybridized carbons (Fsp3) is 0. The van der Waals surface area contributed by atoms with Gasteiger partial charge in [0.05, 0.1) is 27.6 Å². The third-order valence-corrected chi connectivity index (χ3v) is 15.9. The Labute approximate surface area is 356 Å². The van der Waals surface area contributed by atoms with Crippen LogP contribution in [0, 0.1) is 0 Å². The van der Waals surface area contributed by atoms with Crippen molar-refractivity contribution < 1.29 is 4.57 Å². The van der Waals surface area contributed by atoms with Crippen molar-refractivity contribution in [3.63, 3.8) is 0 Å². The quantitative estimate of drug-likeness (QED) is 0.163. The van der Waals surface area contributed by atoms with E-state index in [2.05, 4.69) is 173 Å². The van der Waals surface area contributed by atoms with Crippen LogP contribution in [0.4, 0.5) is 0 Å². The molecule has 0 atom stereocenters. The highest BCUT2D eigenvalue weighted by Crippen LogP contribution is 2.47. The van der Waals surface area contributed by atoms with Gasteiger partial charge in [-0.15, -0.1) is 0 Å². The molecule has 13 rings (SSSR count). The first kappa shape index (κ1) is 35.0. The van der Waals surface area contributed by atoms with Gasteiger partial charge in [0.2, 0.25) is 5.95 Å². The van der Waals surface area contributed by atoms with E-state index < -0.39 is 7.14 Å². The number of fused-ring (bicyclic) bond motifs is 12. The topological polar surface area (TPSA) is 52.2 Å². The zero-order valence-corrected chi connectivity index (χ0v) is 34.2. The summed E-state index contributed by atoms with van der Waals surface area (Å²) in [6.07, 6.45) is 0. The molecule has 3 heterocycles. The Morgan fingerprint density at radius 3 is 1.63 bits per heavy atom. The fourth-order valence-electron chi connectivity index (χ4n) is 9.97. The summed E-state index contributed by atoms with van der Waals surface area (Å²) in [7, 11) is -3.40. The summed E-state index contributed by atoms with van der Waals surface area (Å²) >= 11 is 0. The zero-order chi connectivity index (χ0) is 40.9. The molecule has 0 amide bonds. The van der Waals surface area contributed by atoms with Gasteiger partial charge in [-0.3, -0.25) is 8.97 Å². The smallest absolute Gasteiger partial charge is 0.221 e. The van der Waals surface area contributed by atoms with Crippen molar-refractivity contribution in [3.8, 4) is 17.1 Å². The molecule has 0 spiro atoms. The van der Waals surface area contributed by atoms with Crippen LogP contribution in [0.25, 0.3) is 98.8 Å². The first-order chi connectivity index (χ1) is 30.6. The molecule has 0 saturated carbocycles. The molecule has 0 N–H and O–H groups in total. The molecular weight excluding hydrogens is 776 g/mol. The lowest BCUT2D eigenvalue weighted by molar-refractivity contribution is 0.593. The molecule has 290 valence electrons. The summed E-state index contributed by atoms with van der Waals surface area (Å²) in [6.45, 7) is 0. The molecule has 3 aromatic heterocycles. The van der Waals surface area contributed by atoms with Gasteiger partial charge in [0.15, 0.2) is 7.14 Å². The van der Waals surface area contributed by atoms with E-state index >= 15 is 4.57 Å². The van der Waals surface area contributed by atoms with Crippen molar-refractivity contribution in [2.75, 3.05) is 0 Å². The maximum atomic E-state index is 16.4. The van der Waals surface area contributed by atoms with Crippen LogP contribution in [0.3, 0.4) is 0 Å². The summed E-state index contributed by atoms with van der Waals surface area (Å²) in [5, 5.41) is 12.2. The van der Waals surface area contributed by atoms with Crippen molar-refractivity contribution in [2.45, 2.75) is 0 Å². The van der Waals surface area contributed by atoms with E-state index in [0.29, 0.717) is 0 Å². The van der Waals surface area contributed by atoms with E-state index in [1.165, 1.54) is 0 Å². The van der Waals surface area contributed by atoms with E-state index in [-0.39, 0.29) is 0 Å². The van der Waals surface area contributed by atoms with Crippen LogP contribution in [0.1, 0.15) is 0 Å². The number of rotatable bonds is 5. The lowest BCUT2D eigenvalue weighted by Crippen LogP contribution is -2.26. The molecule has 10 aromatic carbocycles. The average molecular weight is 811 g/mol. The minimum Gasteiger partial charge on any atom is -0.309 e. The summed E-state index contributed by atoms with van der Waals surface area (Å²) in [5.41, 5.74) is 8.01. The standard InChI is InChI=1S/C56H35N4OP/c61-62(52-29-13-17-36-15-1-3-19-40(36)52,53-30-14-18-37-16-2-4-20-41(37)53)39-33-31-38(32-34-39)46-35-47-43-22-8-11-27-50(43)59(54(47)44-23-6-5-21-42(44)46)56-58-48-25-9-7-24-45(48)55-57-49-26-10-12-28-51(49)60(55)56/h1-35H. The molecule has 5 nitrogen and oxygen atoms in total. The van der Waals surface area contributed by atoms with Gasteiger partial charge in [-0.25, -0.2) is 9.97 Å². The van der Waals surface area contributed by atoms with Gasteiger partial charge < -0.3 is 4.57 Å². The highest BCUT2D eigenvalue weighted by Gasteiger charge is 2.33. The Morgan fingerprint density at radius 1 is 0.403 bits per heavy atom. The number of benzene rings is 10. The SMILES string of the molecule is O=P(c1ccc(-c2cc3c4ccccc4n(-c4nc5ccccc5c5nc6ccccc6n45)c3c3ccccc23)cc1)(c1cccc2ccccc12)c1cccc2ccccc12. The summed E-state index contributed by atoms with van der Waals surface area (Å²) in [4.78, 5) is 10.6. The second-order valence-corrected chi connectivity index (χ2v) is 18.8. The van der Waals surface area contributed by atoms with Crippen molar-refractivity contribution in [2.24, 2.45) is 0 Å². The molecule has 0 bridgehead atoms. The number of hydrogen-bond donors (Lipinski definition) is 0. The Hall–Kier alpha value is -7.85. The number of aromatic nitrogens is 4. The van der Waals surface area contributed by atoms with Crippen LogP contribution in [0.5, 0.6) is 0 Å². The third kappa shape index (κ3) is 4.94. The zero-order valence-electron chi connectivity index (χ0n) is 33.4. The molecule has 0 aliphatic heterocycles. The molecule has 0 aliphatic rings. The van der Waals surface area contributed by atoms with Gasteiger partial charge >= 0.3 is 0 Å². The maximum absolute atomic E-state index is 16.4. The molecule has 0 unspecified atom stereocenters. The van der Waals surface area contributed by atoms with Crippen LogP contribution in [-0.2, 0) is 4.57 Å². The summed E-state index contributed by atoms with van der Waals surface area (Å²) < 4.78 is 20.9. The Bertz CT molecular complexity index is 3940. The highest BCUT2D eigenvalue weighted by molar-refractivity contribution is 7.86. The van der Waals surface area contributed by atoms with Crippen molar-refractivity contribution in [3.05, 3.63) is 212 Å². The molecule has 0 fully saturated rings. The van der Waals surface area contributed by atoms with E-state index in [9.17, 15) is 0 Å². The number of imidazole rings is 1. The van der Waals surface area contributed by atoms with Crippen LogP contribution >= 0.6 is 7.14 Å². The largest absolute Gasteiger partial charge is 0.309 e. The number of hydrogen-bond acceptors (Lipinski definition) is 3. The monoisotopic (exact) mass is 810 g/mol. The molecular formula is C56H35N4OP. The van der Waals surface area contributed by atoms with Crippen LogP contribution in [0.2, 0.25) is 0 Å². The van der Waals surface area contributed by atoms with Crippen LogP contribution in [0.15, 0.2) is 212 Å². The van der Waals surface area contributed by atoms with Crippen molar-refractivity contribution >= 4 is 105 Å². The second kappa shape index (κ2) is 13.3. The van der Waals surface area contributed by atoms with Gasteiger partial charge in [0, 0.05) is 37.5 Å². The fourth-order valence-corrected chi connectivity index (χ4v) is 13.0. The van der Waals surface area contributed by atoms with Gasteiger partial charge in [-0.2, -0.15) is 0 Å². The van der Waals surface area contributed by atoms with Crippen molar-refractivity contribution in [1.29, 1.82) is 0 Å². The lowest BCUT2D eigenvalue weighted by Gasteiger charge is -2.23. The number of para-hydroxylation sites is 4. The van der Waals surface area contributed by atoms with Crippen molar-refractivity contribution in [1.82, 2.24) is 18.9 Å². The first-order valence-electron chi connectivity index (χ1n) is 20.9. The van der Waals surface area contributed by atoms with E-state index in [1.807, 2.05) is 48.5 Å². The second-order valence-electron chi connectivity index (χ2n) is 16.1. The van der Waals surface area contributed by atoms with Crippen LogP contribution in [-0.4, -0.2) is 18.9 Å². The molecule has 6 heteroatoms. The minimum atomic E-state index is -3.40. The molecule has 13 aromatic rings. The normalized spacial score (nSPS) is 12.3. The summed E-state index contributed by atoms with van der Waals surface area (Å²) in [6, 6.07) is 73.7. The van der Waals surface area contributed by atoms with E-state index in [1.54, 1.807) is 0 Å². The Balaban J connectivity index is 1.06. The highest BCUT2D eigenvalue weighted by atomic mass is 31.2. The Morgan fingerprint density at radius 2 is 0.935 bits per heavy atom. The summed E-state index contributed by atoms with van der Waals surface area (Å²) in [5.74, 6) is 0.790. The minimum absolute atomic E-state index is 0.790. The molecule has 0 radical (unpaired) electrons. The number of nitrogens with zero attached hydrogens (tertiary/aromatic N) is 4. The molecule has 0 saturated heterocycles. The third-order valence-electron chi connectivity index (χ3n) is 12.8. The Kier molecular flexibility index (Phi) is 7.51. The maximum Gasteiger partial charge on any atom is 0.221 e. The van der Waals surface area contributed by atoms with Gasteiger partial charge in [-0.05, 0) is 74.5 Å². The molecule has 0 aliphatic carbocycles.